The Hall–Kier alpha value is -1.55. The normalized spacial score (nSPS) is 19.0. The molecule has 1 aromatic carbocycles. The highest BCUT2D eigenvalue weighted by atomic mass is 16.5. The summed E-state index contributed by atoms with van der Waals surface area (Å²) in [6, 6.07) is 7.94. The van der Waals surface area contributed by atoms with E-state index in [1.165, 1.54) is 5.56 Å². The van der Waals surface area contributed by atoms with Crippen LogP contribution in [0.25, 0.3) is 0 Å². The molecule has 1 aromatic rings. The van der Waals surface area contributed by atoms with Gasteiger partial charge in [0.2, 0.25) is 0 Å². The number of urea groups is 1. The zero-order valence-electron chi connectivity index (χ0n) is 10.0. The number of aryl methyl sites for hydroxylation is 1. The van der Waals surface area contributed by atoms with Crippen molar-refractivity contribution in [2.45, 2.75) is 32.5 Å². The van der Waals surface area contributed by atoms with Gasteiger partial charge in [-0.05, 0) is 25.3 Å². The summed E-state index contributed by atoms with van der Waals surface area (Å²) in [5.41, 5.74) is 2.32. The maximum Gasteiger partial charge on any atom is 0.317 e. The molecule has 2 rings (SSSR count). The van der Waals surface area contributed by atoms with Crippen molar-refractivity contribution >= 4 is 6.03 Å². The Bertz CT molecular complexity index is 370. The molecule has 0 bridgehead atoms. The Morgan fingerprint density at radius 2 is 2.18 bits per heavy atom. The third kappa shape index (κ3) is 3.75. The van der Waals surface area contributed by atoms with Gasteiger partial charge in [0.1, 0.15) is 6.23 Å². The van der Waals surface area contributed by atoms with Crippen LogP contribution in [0.15, 0.2) is 24.3 Å². The SMILES string of the molecule is Cc1ccc(CNC(=O)NC2CCCO2)cc1. The van der Waals surface area contributed by atoms with E-state index in [4.69, 9.17) is 4.74 Å². The van der Waals surface area contributed by atoms with E-state index in [-0.39, 0.29) is 12.3 Å². The second kappa shape index (κ2) is 5.68. The number of carbonyl (C=O) groups excluding carboxylic acids is 1. The molecule has 4 nitrogen and oxygen atoms in total. The van der Waals surface area contributed by atoms with Gasteiger partial charge in [-0.1, -0.05) is 29.8 Å². The largest absolute Gasteiger partial charge is 0.358 e. The van der Waals surface area contributed by atoms with Crippen LogP contribution >= 0.6 is 0 Å². The summed E-state index contributed by atoms with van der Waals surface area (Å²) in [5, 5.41) is 5.60. The number of hydrogen-bond donors (Lipinski definition) is 2. The molecule has 1 fully saturated rings. The zero-order valence-corrected chi connectivity index (χ0v) is 10.0. The Morgan fingerprint density at radius 1 is 1.41 bits per heavy atom. The number of carbonyl (C=O) groups is 1. The van der Waals surface area contributed by atoms with Gasteiger partial charge in [0.25, 0.3) is 0 Å². The molecule has 0 saturated carbocycles. The van der Waals surface area contributed by atoms with E-state index in [9.17, 15) is 4.79 Å². The molecule has 0 radical (unpaired) electrons. The van der Waals surface area contributed by atoms with Crippen molar-refractivity contribution in [1.29, 1.82) is 0 Å². The molecule has 1 atom stereocenters. The van der Waals surface area contributed by atoms with E-state index in [0.717, 1.165) is 25.0 Å². The molecule has 1 unspecified atom stereocenters. The fraction of sp³-hybridized carbons (Fsp3) is 0.462. The molecule has 4 heteroatoms. The average Bonchev–Trinajstić information content (AvgIpc) is 2.81. The van der Waals surface area contributed by atoms with Crippen molar-refractivity contribution < 1.29 is 9.53 Å². The molecule has 0 spiro atoms. The molecular formula is C13H18N2O2. The van der Waals surface area contributed by atoms with Crippen LogP contribution in [0.2, 0.25) is 0 Å². The van der Waals surface area contributed by atoms with E-state index < -0.39 is 0 Å². The quantitative estimate of drug-likeness (QED) is 0.839. The number of nitrogens with one attached hydrogen (secondary N) is 2. The van der Waals surface area contributed by atoms with E-state index >= 15 is 0 Å². The minimum atomic E-state index is -0.169. The highest BCUT2D eigenvalue weighted by Crippen LogP contribution is 2.08. The molecule has 1 heterocycles. The summed E-state index contributed by atoms with van der Waals surface area (Å²) >= 11 is 0. The number of hydrogen-bond acceptors (Lipinski definition) is 2. The van der Waals surface area contributed by atoms with Gasteiger partial charge in [0, 0.05) is 13.2 Å². The summed E-state index contributed by atoms with van der Waals surface area (Å²) in [7, 11) is 0. The maximum absolute atomic E-state index is 11.5. The fourth-order valence-corrected chi connectivity index (χ4v) is 1.78. The van der Waals surface area contributed by atoms with Crippen LogP contribution in [-0.4, -0.2) is 18.9 Å². The van der Waals surface area contributed by atoms with Gasteiger partial charge in [-0.15, -0.1) is 0 Å². The van der Waals surface area contributed by atoms with Crippen molar-refractivity contribution in [2.75, 3.05) is 6.61 Å². The van der Waals surface area contributed by atoms with Crippen LogP contribution in [0, 0.1) is 6.92 Å². The Balaban J connectivity index is 1.73. The smallest absolute Gasteiger partial charge is 0.317 e. The summed E-state index contributed by atoms with van der Waals surface area (Å²) in [4.78, 5) is 11.5. The van der Waals surface area contributed by atoms with Crippen LogP contribution in [0.3, 0.4) is 0 Å². The molecule has 2 amide bonds. The van der Waals surface area contributed by atoms with Crippen LogP contribution in [0.1, 0.15) is 24.0 Å². The molecule has 1 aliphatic heterocycles. The third-order valence-corrected chi connectivity index (χ3v) is 2.80. The number of benzene rings is 1. The van der Waals surface area contributed by atoms with Crippen LogP contribution in [0.4, 0.5) is 4.79 Å². The molecule has 0 aliphatic carbocycles. The van der Waals surface area contributed by atoms with Gasteiger partial charge < -0.3 is 15.4 Å². The predicted molar refractivity (Wildman–Crippen MR) is 65.5 cm³/mol. The van der Waals surface area contributed by atoms with E-state index in [2.05, 4.69) is 10.6 Å². The van der Waals surface area contributed by atoms with Crippen molar-refractivity contribution in [2.24, 2.45) is 0 Å². The highest BCUT2D eigenvalue weighted by molar-refractivity contribution is 5.74. The molecule has 92 valence electrons. The van der Waals surface area contributed by atoms with E-state index in [0.29, 0.717) is 6.54 Å². The zero-order chi connectivity index (χ0) is 12.1. The fourth-order valence-electron chi connectivity index (χ4n) is 1.78. The summed E-state index contributed by atoms with van der Waals surface area (Å²) in [6.45, 7) is 3.32. The Morgan fingerprint density at radius 3 is 2.82 bits per heavy atom. The van der Waals surface area contributed by atoms with Gasteiger partial charge in [0.15, 0.2) is 0 Å². The molecule has 1 saturated heterocycles. The molecule has 2 N–H and O–H groups in total. The van der Waals surface area contributed by atoms with Crippen molar-refractivity contribution in [1.82, 2.24) is 10.6 Å². The molecule has 0 aromatic heterocycles. The average molecular weight is 234 g/mol. The number of amides is 2. The number of ether oxygens (including phenoxy) is 1. The van der Waals surface area contributed by atoms with Gasteiger partial charge >= 0.3 is 6.03 Å². The minimum Gasteiger partial charge on any atom is -0.358 e. The summed E-state index contributed by atoms with van der Waals surface area (Å²) in [6.07, 6.45) is 1.80. The van der Waals surface area contributed by atoms with Crippen LogP contribution < -0.4 is 10.6 Å². The van der Waals surface area contributed by atoms with E-state index in [1.54, 1.807) is 0 Å². The molecule has 17 heavy (non-hydrogen) atoms. The first-order valence-corrected chi connectivity index (χ1v) is 5.95. The van der Waals surface area contributed by atoms with Gasteiger partial charge in [0.05, 0.1) is 0 Å². The van der Waals surface area contributed by atoms with Crippen molar-refractivity contribution in [3.8, 4) is 0 Å². The third-order valence-electron chi connectivity index (χ3n) is 2.80. The molecular weight excluding hydrogens is 216 g/mol. The standard InChI is InChI=1S/C13H18N2O2/c1-10-4-6-11(7-5-10)9-14-13(16)15-12-3-2-8-17-12/h4-7,12H,2-3,8-9H2,1H3,(H2,14,15,16). The minimum absolute atomic E-state index is 0.118. The first kappa shape index (κ1) is 11.9. The summed E-state index contributed by atoms with van der Waals surface area (Å²) in [5.74, 6) is 0. The highest BCUT2D eigenvalue weighted by Gasteiger charge is 2.16. The van der Waals surface area contributed by atoms with Crippen LogP contribution in [0.5, 0.6) is 0 Å². The second-order valence-electron chi connectivity index (χ2n) is 4.31. The predicted octanol–water partition coefficient (Wildman–Crippen LogP) is 1.93. The van der Waals surface area contributed by atoms with Gasteiger partial charge in [-0.25, -0.2) is 4.79 Å². The van der Waals surface area contributed by atoms with Gasteiger partial charge in [-0.2, -0.15) is 0 Å². The first-order chi connectivity index (χ1) is 8.24. The monoisotopic (exact) mass is 234 g/mol. The topological polar surface area (TPSA) is 50.4 Å². The number of rotatable bonds is 3. The lowest BCUT2D eigenvalue weighted by Gasteiger charge is -2.12. The Labute approximate surface area is 101 Å². The lowest BCUT2D eigenvalue weighted by molar-refractivity contribution is 0.0907. The lowest BCUT2D eigenvalue weighted by atomic mass is 10.1. The second-order valence-corrected chi connectivity index (χ2v) is 4.31. The summed E-state index contributed by atoms with van der Waals surface area (Å²) < 4.78 is 5.32. The first-order valence-electron chi connectivity index (χ1n) is 5.95. The van der Waals surface area contributed by atoms with E-state index in [1.807, 2.05) is 31.2 Å². The maximum atomic E-state index is 11.5. The van der Waals surface area contributed by atoms with Crippen molar-refractivity contribution in [3.05, 3.63) is 35.4 Å². The Kier molecular flexibility index (Phi) is 3.98. The van der Waals surface area contributed by atoms with Gasteiger partial charge in [-0.3, -0.25) is 0 Å². The lowest BCUT2D eigenvalue weighted by Crippen LogP contribution is -2.41. The van der Waals surface area contributed by atoms with Crippen molar-refractivity contribution in [3.63, 3.8) is 0 Å². The molecule has 1 aliphatic rings. The van der Waals surface area contributed by atoms with Crippen LogP contribution in [-0.2, 0) is 11.3 Å².